The summed E-state index contributed by atoms with van der Waals surface area (Å²) in [5.74, 6) is 0.362. The summed E-state index contributed by atoms with van der Waals surface area (Å²) in [5, 5.41) is 3.72. The van der Waals surface area contributed by atoms with E-state index in [0.717, 1.165) is 35.0 Å². The minimum Gasteiger partial charge on any atom is -0.435 e. The third-order valence-electron chi connectivity index (χ3n) is 4.58. The Kier molecular flexibility index (Phi) is 4.71. The monoisotopic (exact) mass is 368 g/mol. The van der Waals surface area contributed by atoms with Crippen LogP contribution in [0, 0.1) is 0 Å². The van der Waals surface area contributed by atoms with Crippen molar-refractivity contribution in [2.75, 3.05) is 0 Å². The molecule has 0 atom stereocenters. The number of rotatable bonds is 6. The van der Waals surface area contributed by atoms with E-state index in [9.17, 15) is 13.6 Å². The summed E-state index contributed by atoms with van der Waals surface area (Å²) in [6, 6.07) is 15.7. The van der Waals surface area contributed by atoms with Crippen LogP contribution in [0.3, 0.4) is 0 Å². The molecule has 1 amide bonds. The number of halogens is 2. The number of hydrogen-bond donors (Lipinski definition) is 1. The van der Waals surface area contributed by atoms with Crippen LogP contribution in [-0.4, -0.2) is 17.5 Å². The lowest BCUT2D eigenvalue weighted by molar-refractivity contribution is -0.0498. The van der Waals surface area contributed by atoms with Gasteiger partial charge in [0.2, 0.25) is 0 Å². The summed E-state index contributed by atoms with van der Waals surface area (Å²) in [4.78, 5) is 17.5. The topological polar surface area (TPSA) is 51.2 Å². The van der Waals surface area contributed by atoms with Crippen molar-refractivity contribution >= 4 is 16.8 Å². The minimum atomic E-state index is -2.85. The van der Waals surface area contributed by atoms with Crippen LogP contribution in [0.15, 0.2) is 54.6 Å². The summed E-state index contributed by atoms with van der Waals surface area (Å²) in [6.45, 7) is -2.56. The Morgan fingerprint density at radius 3 is 2.59 bits per heavy atom. The van der Waals surface area contributed by atoms with Crippen LogP contribution >= 0.6 is 0 Å². The first-order valence-electron chi connectivity index (χ1n) is 8.82. The van der Waals surface area contributed by atoms with Gasteiger partial charge in [0.05, 0.1) is 11.1 Å². The number of fused-ring (bicyclic) bond motifs is 1. The maximum atomic E-state index is 12.8. The Balaban J connectivity index is 1.51. The van der Waals surface area contributed by atoms with E-state index < -0.39 is 6.61 Å². The second-order valence-corrected chi connectivity index (χ2v) is 6.59. The number of benzene rings is 2. The highest BCUT2D eigenvalue weighted by Crippen LogP contribution is 2.40. The molecule has 6 heteroatoms. The van der Waals surface area contributed by atoms with Crippen molar-refractivity contribution in [1.82, 2.24) is 10.3 Å². The number of nitrogens with one attached hydrogen (secondary N) is 1. The molecule has 4 rings (SSSR count). The van der Waals surface area contributed by atoms with Gasteiger partial charge in [0, 0.05) is 23.5 Å². The van der Waals surface area contributed by atoms with Crippen molar-refractivity contribution in [3.63, 3.8) is 0 Å². The van der Waals surface area contributed by atoms with Gasteiger partial charge >= 0.3 is 6.61 Å². The predicted octanol–water partition coefficient (Wildman–Crippen LogP) is 4.64. The van der Waals surface area contributed by atoms with Crippen LogP contribution < -0.4 is 10.1 Å². The molecule has 0 bridgehead atoms. The Morgan fingerprint density at radius 2 is 1.89 bits per heavy atom. The second-order valence-electron chi connectivity index (χ2n) is 6.59. The number of ether oxygens (including phenoxy) is 1. The van der Waals surface area contributed by atoms with Gasteiger partial charge in [0.1, 0.15) is 5.75 Å². The lowest BCUT2D eigenvalue weighted by Crippen LogP contribution is -2.23. The normalized spacial score (nSPS) is 13.7. The molecule has 1 N–H and O–H groups in total. The number of aromatic nitrogens is 1. The van der Waals surface area contributed by atoms with Crippen molar-refractivity contribution in [2.45, 2.75) is 31.9 Å². The zero-order valence-corrected chi connectivity index (χ0v) is 14.5. The molecule has 0 spiro atoms. The molecular formula is C21H18F2N2O2. The van der Waals surface area contributed by atoms with E-state index in [0.29, 0.717) is 18.0 Å². The van der Waals surface area contributed by atoms with Crippen molar-refractivity contribution in [3.8, 4) is 5.75 Å². The molecule has 1 fully saturated rings. The standard InChI is InChI=1S/C21H18F2N2O2/c22-21(23)27-15-9-5-13(6-10-15)12-24-20(26)17-11-19(14-7-8-14)25-18-4-2-1-3-16(17)18/h1-6,9-11,14,21H,7-8,12H2,(H,24,26). The van der Waals surface area contributed by atoms with E-state index >= 15 is 0 Å². The number of carbonyl (C=O) groups is 1. The summed E-state index contributed by atoms with van der Waals surface area (Å²) < 4.78 is 28.7. The van der Waals surface area contributed by atoms with Gasteiger partial charge in [-0.15, -0.1) is 0 Å². The van der Waals surface area contributed by atoms with Gasteiger partial charge in [0.15, 0.2) is 0 Å². The van der Waals surface area contributed by atoms with Gasteiger partial charge in [-0.05, 0) is 42.7 Å². The van der Waals surface area contributed by atoms with Crippen LogP contribution in [0.25, 0.3) is 10.9 Å². The number of carbonyl (C=O) groups excluding carboxylic acids is 1. The first-order valence-corrected chi connectivity index (χ1v) is 8.82. The Labute approximate surface area is 155 Å². The molecular weight excluding hydrogens is 350 g/mol. The molecule has 0 radical (unpaired) electrons. The molecule has 2 aromatic carbocycles. The lowest BCUT2D eigenvalue weighted by atomic mass is 10.1. The fourth-order valence-corrected chi connectivity index (χ4v) is 3.04. The van der Waals surface area contributed by atoms with E-state index in [1.54, 1.807) is 12.1 Å². The molecule has 3 aromatic rings. The zero-order valence-electron chi connectivity index (χ0n) is 14.5. The quantitative estimate of drug-likeness (QED) is 0.689. The number of alkyl halides is 2. The van der Waals surface area contributed by atoms with E-state index in [1.165, 1.54) is 12.1 Å². The van der Waals surface area contributed by atoms with E-state index in [1.807, 2.05) is 30.3 Å². The smallest absolute Gasteiger partial charge is 0.387 e. The number of amides is 1. The van der Waals surface area contributed by atoms with Crippen LogP contribution in [0.2, 0.25) is 0 Å². The van der Waals surface area contributed by atoms with Gasteiger partial charge < -0.3 is 10.1 Å². The van der Waals surface area contributed by atoms with Crippen LogP contribution in [0.1, 0.15) is 40.4 Å². The van der Waals surface area contributed by atoms with E-state index in [2.05, 4.69) is 15.0 Å². The minimum absolute atomic E-state index is 0.0919. The summed E-state index contributed by atoms with van der Waals surface area (Å²) in [7, 11) is 0. The summed E-state index contributed by atoms with van der Waals surface area (Å²) in [6.07, 6.45) is 2.22. The summed E-state index contributed by atoms with van der Waals surface area (Å²) >= 11 is 0. The number of pyridine rings is 1. The molecule has 138 valence electrons. The lowest BCUT2D eigenvalue weighted by Gasteiger charge is -2.11. The van der Waals surface area contributed by atoms with Crippen molar-refractivity contribution in [1.29, 1.82) is 0 Å². The van der Waals surface area contributed by atoms with Crippen LogP contribution in [0.4, 0.5) is 8.78 Å². The molecule has 0 unspecified atom stereocenters. The zero-order chi connectivity index (χ0) is 18.8. The number of para-hydroxylation sites is 1. The van der Waals surface area contributed by atoms with Crippen molar-refractivity contribution in [3.05, 3.63) is 71.4 Å². The number of nitrogens with zero attached hydrogens (tertiary/aromatic N) is 1. The fourth-order valence-electron chi connectivity index (χ4n) is 3.04. The molecule has 1 aliphatic carbocycles. The average molecular weight is 368 g/mol. The Morgan fingerprint density at radius 1 is 1.15 bits per heavy atom. The first-order chi connectivity index (χ1) is 13.1. The molecule has 0 aliphatic heterocycles. The molecule has 0 saturated heterocycles. The SMILES string of the molecule is O=C(NCc1ccc(OC(F)F)cc1)c1cc(C2CC2)nc2ccccc12. The average Bonchev–Trinajstić information content (AvgIpc) is 3.51. The molecule has 27 heavy (non-hydrogen) atoms. The Bertz CT molecular complexity index is 970. The Hall–Kier alpha value is -3.02. The van der Waals surface area contributed by atoms with Gasteiger partial charge in [-0.25, -0.2) is 0 Å². The second kappa shape index (κ2) is 7.31. The van der Waals surface area contributed by atoms with Crippen LogP contribution in [0.5, 0.6) is 5.75 Å². The van der Waals surface area contributed by atoms with E-state index in [-0.39, 0.29) is 11.7 Å². The van der Waals surface area contributed by atoms with Gasteiger partial charge in [-0.3, -0.25) is 9.78 Å². The molecule has 4 nitrogen and oxygen atoms in total. The molecule has 1 saturated carbocycles. The fraction of sp³-hybridized carbons (Fsp3) is 0.238. The molecule has 1 heterocycles. The number of hydrogen-bond acceptors (Lipinski definition) is 3. The van der Waals surface area contributed by atoms with Crippen molar-refractivity contribution in [2.24, 2.45) is 0 Å². The van der Waals surface area contributed by atoms with E-state index in [4.69, 9.17) is 0 Å². The largest absolute Gasteiger partial charge is 0.435 e. The maximum absolute atomic E-state index is 12.8. The predicted molar refractivity (Wildman–Crippen MR) is 98.0 cm³/mol. The highest BCUT2D eigenvalue weighted by Gasteiger charge is 2.26. The third kappa shape index (κ3) is 4.05. The first kappa shape index (κ1) is 17.4. The van der Waals surface area contributed by atoms with Gasteiger partial charge in [0.25, 0.3) is 5.91 Å². The summed E-state index contributed by atoms with van der Waals surface area (Å²) in [5.41, 5.74) is 3.19. The van der Waals surface area contributed by atoms with Gasteiger partial charge in [-0.1, -0.05) is 30.3 Å². The van der Waals surface area contributed by atoms with Crippen molar-refractivity contribution < 1.29 is 18.3 Å². The highest BCUT2D eigenvalue weighted by molar-refractivity contribution is 6.06. The molecule has 1 aliphatic rings. The van der Waals surface area contributed by atoms with Gasteiger partial charge in [-0.2, -0.15) is 8.78 Å². The highest BCUT2D eigenvalue weighted by atomic mass is 19.3. The molecule has 1 aromatic heterocycles. The van der Waals surface area contributed by atoms with Crippen LogP contribution in [-0.2, 0) is 6.54 Å². The third-order valence-corrected chi connectivity index (χ3v) is 4.58. The maximum Gasteiger partial charge on any atom is 0.387 e.